The Bertz CT molecular complexity index is 981. The number of nitrogens with one attached hydrogen (secondary N) is 2. The van der Waals surface area contributed by atoms with E-state index in [1.54, 1.807) is 12.1 Å². The highest BCUT2D eigenvalue weighted by molar-refractivity contribution is 7.14. The van der Waals surface area contributed by atoms with Gasteiger partial charge in [-0.2, -0.15) is 0 Å². The first-order chi connectivity index (χ1) is 13.1. The molecule has 27 heavy (non-hydrogen) atoms. The Balaban J connectivity index is 1.56. The zero-order chi connectivity index (χ0) is 18.8. The molecule has 8 heteroatoms. The molecule has 1 aliphatic rings. The summed E-state index contributed by atoms with van der Waals surface area (Å²) < 4.78 is 10.8. The van der Waals surface area contributed by atoms with Crippen LogP contribution in [-0.4, -0.2) is 23.4 Å². The number of hydrogen-bond acceptors (Lipinski definition) is 6. The number of aromatic nitrogens is 1. The van der Waals surface area contributed by atoms with Crippen molar-refractivity contribution in [2.75, 3.05) is 11.9 Å². The first kappa shape index (κ1) is 17.3. The predicted octanol–water partition coefficient (Wildman–Crippen LogP) is 3.62. The topological polar surface area (TPSA) is 93.5 Å². The lowest BCUT2D eigenvalue weighted by Crippen LogP contribution is -2.30. The Morgan fingerprint density at radius 2 is 2.19 bits per heavy atom. The van der Waals surface area contributed by atoms with Crippen LogP contribution in [0.25, 0.3) is 11.3 Å². The summed E-state index contributed by atoms with van der Waals surface area (Å²) in [4.78, 5) is 28.0. The minimum Gasteiger partial charge on any atom is -0.493 e. The Hall–Kier alpha value is -3.13. The number of furan rings is 1. The van der Waals surface area contributed by atoms with E-state index in [1.165, 1.54) is 24.5 Å². The van der Waals surface area contributed by atoms with Crippen LogP contribution in [0.5, 0.6) is 5.75 Å². The highest BCUT2D eigenvalue weighted by atomic mass is 32.1. The standard InChI is InChI=1S/C19H17N3O4S/c1-11(23)20-14-6-8-26-16-5-4-12(9-13(14)16)15-10-27-19(21-15)22-18(24)17-3-2-7-25-17/h2-5,7,9-10,14H,6,8H2,1H3,(H,20,23)(H,21,22,24). The molecule has 7 nitrogen and oxygen atoms in total. The third-order valence-corrected chi connectivity index (χ3v) is 4.95. The summed E-state index contributed by atoms with van der Waals surface area (Å²) in [5.74, 6) is 0.585. The molecular formula is C19H17N3O4S. The van der Waals surface area contributed by atoms with Gasteiger partial charge in [-0.25, -0.2) is 4.98 Å². The SMILES string of the molecule is CC(=O)NC1CCOc2ccc(-c3csc(NC(=O)c4ccco4)n3)cc21. The van der Waals surface area contributed by atoms with Crippen molar-refractivity contribution in [2.24, 2.45) is 0 Å². The predicted molar refractivity (Wildman–Crippen MR) is 101 cm³/mol. The first-order valence-electron chi connectivity index (χ1n) is 8.45. The minimum atomic E-state index is -0.342. The van der Waals surface area contributed by atoms with Crippen molar-refractivity contribution in [3.8, 4) is 17.0 Å². The molecule has 0 bridgehead atoms. The molecule has 0 spiro atoms. The molecule has 3 aromatic rings. The number of amides is 2. The average Bonchev–Trinajstić information content (AvgIpc) is 3.33. The number of benzene rings is 1. The Morgan fingerprint density at radius 3 is 2.96 bits per heavy atom. The van der Waals surface area contributed by atoms with E-state index >= 15 is 0 Å². The molecule has 0 aliphatic carbocycles. The van der Waals surface area contributed by atoms with Crippen molar-refractivity contribution in [1.82, 2.24) is 10.3 Å². The van der Waals surface area contributed by atoms with Crippen LogP contribution in [0.1, 0.15) is 35.5 Å². The van der Waals surface area contributed by atoms with E-state index in [0.717, 1.165) is 29.0 Å². The molecule has 0 saturated heterocycles. The summed E-state index contributed by atoms with van der Waals surface area (Å²) in [5.41, 5.74) is 2.57. The molecule has 1 aromatic carbocycles. The monoisotopic (exact) mass is 383 g/mol. The van der Waals surface area contributed by atoms with Crippen molar-refractivity contribution in [2.45, 2.75) is 19.4 Å². The zero-order valence-electron chi connectivity index (χ0n) is 14.5. The van der Waals surface area contributed by atoms with Gasteiger partial charge in [0.25, 0.3) is 5.91 Å². The van der Waals surface area contributed by atoms with E-state index < -0.39 is 0 Å². The lowest BCUT2D eigenvalue weighted by Gasteiger charge is -2.26. The number of carbonyl (C=O) groups excluding carboxylic acids is 2. The molecule has 2 amide bonds. The first-order valence-corrected chi connectivity index (χ1v) is 9.33. The molecule has 2 N–H and O–H groups in total. The lowest BCUT2D eigenvalue weighted by atomic mass is 9.97. The van der Waals surface area contributed by atoms with Gasteiger partial charge < -0.3 is 14.5 Å². The Labute approximate surface area is 159 Å². The number of rotatable bonds is 4. The van der Waals surface area contributed by atoms with E-state index in [9.17, 15) is 9.59 Å². The number of carbonyl (C=O) groups is 2. The molecule has 2 aromatic heterocycles. The van der Waals surface area contributed by atoms with Gasteiger partial charge in [0.1, 0.15) is 5.75 Å². The second kappa shape index (κ2) is 7.24. The average molecular weight is 383 g/mol. The summed E-state index contributed by atoms with van der Waals surface area (Å²) in [6.45, 7) is 2.07. The summed E-state index contributed by atoms with van der Waals surface area (Å²) in [6, 6.07) is 8.95. The van der Waals surface area contributed by atoms with Crippen LogP contribution in [0, 0.1) is 0 Å². The van der Waals surface area contributed by atoms with E-state index in [2.05, 4.69) is 15.6 Å². The van der Waals surface area contributed by atoms with E-state index in [4.69, 9.17) is 9.15 Å². The Kier molecular flexibility index (Phi) is 4.64. The van der Waals surface area contributed by atoms with Crippen LogP contribution >= 0.6 is 11.3 Å². The molecule has 4 rings (SSSR count). The smallest absolute Gasteiger partial charge is 0.293 e. The van der Waals surface area contributed by atoms with Crippen LogP contribution in [0.15, 0.2) is 46.4 Å². The van der Waals surface area contributed by atoms with Gasteiger partial charge in [-0.15, -0.1) is 11.3 Å². The lowest BCUT2D eigenvalue weighted by molar-refractivity contribution is -0.119. The van der Waals surface area contributed by atoms with Gasteiger partial charge in [-0.3, -0.25) is 14.9 Å². The summed E-state index contributed by atoms with van der Waals surface area (Å²) in [5, 5.41) is 8.04. The second-order valence-electron chi connectivity index (χ2n) is 6.11. The highest BCUT2D eigenvalue weighted by Crippen LogP contribution is 2.36. The van der Waals surface area contributed by atoms with Gasteiger partial charge in [0.2, 0.25) is 5.91 Å². The summed E-state index contributed by atoms with van der Waals surface area (Å²) >= 11 is 1.33. The zero-order valence-corrected chi connectivity index (χ0v) is 15.3. The number of hydrogen-bond donors (Lipinski definition) is 2. The van der Waals surface area contributed by atoms with Crippen molar-refractivity contribution in [1.29, 1.82) is 0 Å². The summed E-state index contributed by atoms with van der Waals surface area (Å²) in [6.07, 6.45) is 2.17. The maximum Gasteiger partial charge on any atom is 0.293 e. The number of fused-ring (bicyclic) bond motifs is 1. The van der Waals surface area contributed by atoms with Gasteiger partial charge in [-0.1, -0.05) is 0 Å². The molecule has 1 unspecified atom stereocenters. The third kappa shape index (κ3) is 3.70. The van der Waals surface area contributed by atoms with E-state index in [1.807, 2.05) is 23.6 Å². The third-order valence-electron chi connectivity index (χ3n) is 4.19. The molecule has 1 aliphatic heterocycles. The van der Waals surface area contributed by atoms with Gasteiger partial charge in [0.05, 0.1) is 24.6 Å². The van der Waals surface area contributed by atoms with Gasteiger partial charge in [0.15, 0.2) is 10.9 Å². The van der Waals surface area contributed by atoms with Crippen LogP contribution in [-0.2, 0) is 4.79 Å². The maximum atomic E-state index is 12.1. The molecular weight excluding hydrogens is 366 g/mol. The van der Waals surface area contributed by atoms with Gasteiger partial charge in [0, 0.05) is 29.9 Å². The number of ether oxygens (including phenoxy) is 1. The van der Waals surface area contributed by atoms with Crippen molar-refractivity contribution >= 4 is 28.3 Å². The van der Waals surface area contributed by atoms with Crippen LogP contribution in [0.4, 0.5) is 5.13 Å². The van der Waals surface area contributed by atoms with Gasteiger partial charge in [-0.05, 0) is 30.3 Å². The maximum absolute atomic E-state index is 12.1. The molecule has 0 fully saturated rings. The van der Waals surface area contributed by atoms with Gasteiger partial charge >= 0.3 is 0 Å². The summed E-state index contributed by atoms with van der Waals surface area (Å²) in [7, 11) is 0. The van der Waals surface area contributed by atoms with E-state index in [0.29, 0.717) is 11.7 Å². The van der Waals surface area contributed by atoms with Crippen molar-refractivity contribution in [3.63, 3.8) is 0 Å². The number of nitrogens with zero attached hydrogens (tertiary/aromatic N) is 1. The van der Waals surface area contributed by atoms with Crippen molar-refractivity contribution < 1.29 is 18.7 Å². The molecule has 1 atom stereocenters. The fourth-order valence-electron chi connectivity index (χ4n) is 2.98. The van der Waals surface area contributed by atoms with Crippen LogP contribution in [0.3, 0.4) is 0 Å². The quantitative estimate of drug-likeness (QED) is 0.718. The molecule has 0 radical (unpaired) electrons. The highest BCUT2D eigenvalue weighted by Gasteiger charge is 2.23. The van der Waals surface area contributed by atoms with Crippen LogP contribution < -0.4 is 15.4 Å². The fourth-order valence-corrected chi connectivity index (χ4v) is 3.69. The molecule has 3 heterocycles. The molecule has 138 valence electrons. The minimum absolute atomic E-state index is 0.0742. The largest absolute Gasteiger partial charge is 0.493 e. The number of anilines is 1. The van der Waals surface area contributed by atoms with Crippen molar-refractivity contribution in [3.05, 3.63) is 53.3 Å². The normalized spacial score (nSPS) is 15.5. The molecule has 0 saturated carbocycles. The fraction of sp³-hybridized carbons (Fsp3) is 0.211. The van der Waals surface area contributed by atoms with Crippen LogP contribution in [0.2, 0.25) is 0 Å². The Morgan fingerprint density at radius 1 is 1.30 bits per heavy atom. The second-order valence-corrected chi connectivity index (χ2v) is 6.97. The van der Waals surface area contributed by atoms with E-state index in [-0.39, 0.29) is 23.6 Å². The number of thiazole rings is 1.